The fourth-order valence-electron chi connectivity index (χ4n) is 0. The van der Waals surface area contributed by atoms with Crippen molar-refractivity contribution in [3.8, 4) is 0 Å². The molecule has 8 heteroatoms. The third-order valence-corrected chi connectivity index (χ3v) is 0. The first-order chi connectivity index (χ1) is 2.73. The molecule has 0 aliphatic heterocycles. The van der Waals surface area contributed by atoms with Crippen molar-refractivity contribution in [2.24, 2.45) is 0 Å². The molecule has 0 rings (SSSR count). The summed E-state index contributed by atoms with van der Waals surface area (Å²) in [6.45, 7) is 0. The molecule has 0 N–H and O–H groups in total. The van der Waals surface area contributed by atoms with Crippen LogP contribution < -0.4 is 77.8 Å². The average molecular weight is 181 g/mol. The van der Waals surface area contributed by atoms with Gasteiger partial charge in [-0.3, -0.25) is 0 Å². The Labute approximate surface area is 99.0 Å². The van der Waals surface area contributed by atoms with Crippen molar-refractivity contribution in [1.82, 2.24) is 0 Å². The number of rotatable bonds is 0. The Kier molecular flexibility index (Phi) is 63.8. The second-order valence-electron chi connectivity index (χ2n) is 0.189. The van der Waals surface area contributed by atoms with Gasteiger partial charge in [-0.05, 0) is 0 Å². The van der Waals surface area contributed by atoms with E-state index in [4.69, 9.17) is 18.6 Å². The number of hydrogen-bond acceptors (Lipinski definition) is 4. The molecule has 0 radical (unpaired) electrons. The number of halogens is 2. The van der Waals surface area contributed by atoms with Crippen molar-refractivity contribution >= 4 is 11.9 Å². The molecule has 0 amide bonds. The van der Waals surface area contributed by atoms with Gasteiger partial charge < -0.3 is 18.6 Å². The van der Waals surface area contributed by atoms with Crippen LogP contribution in [0.1, 0.15) is 0 Å². The Bertz CT molecular complexity index is 16.8. The molecule has 0 aromatic rings. The summed E-state index contributed by atoms with van der Waals surface area (Å²) in [4.78, 5) is 0. The zero-order valence-electron chi connectivity index (χ0n) is 4.39. The maximum Gasteiger partial charge on any atom is 1.00 e. The molecule has 0 atom stereocenters. The number of hydrogen-bond donors (Lipinski definition) is 0. The minimum atomic E-state index is -2.85. The van der Waals surface area contributed by atoms with Crippen LogP contribution in [0.3, 0.4) is 0 Å². The third kappa shape index (κ3) is 79.2. The zero-order chi connectivity index (χ0) is 5.58. The molecule has 0 bridgehead atoms. The Morgan fingerprint density at radius 1 is 0.875 bits per heavy atom. The first-order valence-corrected chi connectivity index (χ1v) is 1.85. The van der Waals surface area contributed by atoms with Crippen LogP contribution in [0.5, 0.6) is 0 Å². The smallest absolute Gasteiger partial charge is 0.769 e. The van der Waals surface area contributed by atoms with E-state index in [0.29, 0.717) is 0 Å². The Morgan fingerprint density at radius 2 is 0.875 bits per heavy atom. The predicted molar refractivity (Wildman–Crippen MR) is 5.85 cm³/mol. The summed E-state index contributed by atoms with van der Waals surface area (Å²) in [5.74, 6) is 0. The third-order valence-electron chi connectivity index (χ3n) is 0. The minimum Gasteiger partial charge on any atom is -0.769 e. The van der Waals surface area contributed by atoms with Gasteiger partial charge in [0.25, 0.3) is 0 Å². The zero-order valence-corrected chi connectivity index (χ0v) is 9.90. The molecule has 0 unspecified atom stereocenters. The van der Waals surface area contributed by atoms with Gasteiger partial charge in [0.15, 0.2) is 0 Å². The van der Waals surface area contributed by atoms with E-state index in [9.17, 15) is 0 Å². The summed E-state index contributed by atoms with van der Waals surface area (Å²) in [6, 6.07) is 0. The van der Waals surface area contributed by atoms with E-state index in [1.54, 1.807) is 0 Å². The minimum absolute atomic E-state index is 0. The van der Waals surface area contributed by atoms with Crippen molar-refractivity contribution in [2.45, 2.75) is 0 Å². The topological polar surface area (TPSA) is 92.2 Å². The van der Waals surface area contributed by atoms with Crippen LogP contribution in [0.25, 0.3) is 0 Å². The SMILES string of the molecule is [Na+].[Na+].[O-]Cl.[O-][Cl+2]([O-])[O-]. The van der Waals surface area contributed by atoms with Crippen molar-refractivity contribution in [3.63, 3.8) is 0 Å². The van der Waals surface area contributed by atoms with Gasteiger partial charge in [-0.2, -0.15) is 0 Å². The van der Waals surface area contributed by atoms with Gasteiger partial charge in [-0.15, -0.1) is 0 Å². The van der Waals surface area contributed by atoms with E-state index in [1.165, 1.54) is 0 Å². The summed E-state index contributed by atoms with van der Waals surface area (Å²) < 4.78 is 32.9. The van der Waals surface area contributed by atoms with E-state index in [2.05, 4.69) is 11.9 Å². The van der Waals surface area contributed by atoms with Crippen LogP contribution >= 0.6 is 11.9 Å². The molecule has 8 heavy (non-hydrogen) atoms. The summed E-state index contributed by atoms with van der Waals surface area (Å²) in [5, 5.41) is 0. The first kappa shape index (κ1) is 22.4. The molecule has 0 aromatic carbocycles. The Morgan fingerprint density at radius 3 is 0.875 bits per heavy atom. The van der Waals surface area contributed by atoms with E-state index < -0.39 is 10.8 Å². The van der Waals surface area contributed by atoms with E-state index in [0.717, 1.165) is 0 Å². The second kappa shape index (κ2) is 22.7. The standard InChI is InChI=1S/ClO3.ClO.2Na/c2-1(3)4;1-2;;/q2*-1;2*+1. The Hall–Kier alpha value is 2.42. The largest absolute Gasteiger partial charge is 1.00 e. The molecule has 0 spiro atoms. The second-order valence-corrected chi connectivity index (χ2v) is 0.567. The molecule has 40 valence electrons. The first-order valence-electron chi connectivity index (χ1n) is 0.617. The van der Waals surface area contributed by atoms with Gasteiger partial charge in [0.1, 0.15) is 0 Å². The molecular formula is Cl2Na2O4. The van der Waals surface area contributed by atoms with E-state index >= 15 is 0 Å². The van der Waals surface area contributed by atoms with Gasteiger partial charge in [-0.1, -0.05) is 0 Å². The average Bonchev–Trinajstić information content (AvgIpc) is 1.41. The molecule has 0 aliphatic carbocycles. The van der Waals surface area contributed by atoms with Crippen LogP contribution in [-0.4, -0.2) is 0 Å². The van der Waals surface area contributed by atoms with Crippen LogP contribution in [-0.2, 0) is 0 Å². The predicted octanol–water partition coefficient (Wildman–Crippen LogP) is -10.1. The van der Waals surface area contributed by atoms with Gasteiger partial charge in [0.2, 0.25) is 0 Å². The molecule has 0 saturated carbocycles. The molecule has 0 fully saturated rings. The van der Waals surface area contributed by atoms with Gasteiger partial charge in [0.05, 0.1) is 10.8 Å². The van der Waals surface area contributed by atoms with Gasteiger partial charge in [0, 0.05) is 0 Å². The molecule has 4 nitrogen and oxygen atoms in total. The Balaban J connectivity index is -0.0000000183. The van der Waals surface area contributed by atoms with E-state index in [1.807, 2.05) is 0 Å². The molecule has 0 aromatic heterocycles. The maximum atomic E-state index is 8.41. The molecule has 0 saturated heterocycles. The van der Waals surface area contributed by atoms with E-state index in [-0.39, 0.29) is 59.1 Å². The van der Waals surface area contributed by atoms with Crippen molar-refractivity contribution in [2.75, 3.05) is 0 Å². The van der Waals surface area contributed by atoms with Crippen molar-refractivity contribution in [1.29, 1.82) is 0 Å². The van der Waals surface area contributed by atoms with Crippen LogP contribution in [0.4, 0.5) is 0 Å². The van der Waals surface area contributed by atoms with Crippen LogP contribution in [0, 0.1) is 10.8 Å². The monoisotopic (exact) mass is 180 g/mol. The van der Waals surface area contributed by atoms with Crippen LogP contribution in [0.15, 0.2) is 0 Å². The fourth-order valence-corrected chi connectivity index (χ4v) is 0. The fraction of sp³-hybridized carbons (Fsp3) is 0. The van der Waals surface area contributed by atoms with Crippen molar-refractivity contribution < 1.29 is 88.5 Å². The summed E-state index contributed by atoms with van der Waals surface area (Å²) in [6.07, 6.45) is 0. The summed E-state index contributed by atoms with van der Waals surface area (Å²) in [7, 11) is -2.85. The van der Waals surface area contributed by atoms with Crippen molar-refractivity contribution in [3.05, 3.63) is 0 Å². The quantitative estimate of drug-likeness (QED) is 0.347. The molecular weight excluding hydrogens is 181 g/mol. The van der Waals surface area contributed by atoms with Gasteiger partial charge in [-0.25, -0.2) is 11.9 Å². The normalized spacial score (nSPS) is 5.25. The maximum absolute atomic E-state index is 8.41. The van der Waals surface area contributed by atoms with Crippen LogP contribution in [0.2, 0.25) is 0 Å². The summed E-state index contributed by atoms with van der Waals surface area (Å²) >= 11 is 3.39. The molecule has 0 heterocycles. The molecule has 0 aliphatic rings. The summed E-state index contributed by atoms with van der Waals surface area (Å²) in [5.41, 5.74) is 0. The van der Waals surface area contributed by atoms with Gasteiger partial charge >= 0.3 is 59.1 Å².